The van der Waals surface area contributed by atoms with Crippen LogP contribution in [-0.2, 0) is 0 Å². The average molecular weight is 113 g/mol. The molecular weight excluding hydrogens is 104 g/mol. The number of likely N-dealkylation sites (tertiary alicyclic amines) is 1. The molecule has 3 nitrogen and oxygen atoms in total. The second kappa shape index (κ2) is 1.65. The van der Waals surface area contributed by atoms with Crippen molar-refractivity contribution < 1.29 is 4.79 Å². The number of urea groups is 1. The normalized spacial score (nSPS) is 20.4. The van der Waals surface area contributed by atoms with Crippen molar-refractivity contribution in [1.29, 1.82) is 0 Å². The first-order valence-electron chi connectivity index (χ1n) is 2.56. The van der Waals surface area contributed by atoms with Crippen LogP contribution in [0.5, 0.6) is 0 Å². The molecular formula is C5H9N2O. The molecule has 0 saturated carbocycles. The van der Waals surface area contributed by atoms with Crippen molar-refractivity contribution in [1.82, 2.24) is 4.90 Å². The van der Waals surface area contributed by atoms with Crippen LogP contribution < -0.4 is 5.73 Å². The number of carbonyl (C=O) groups excluding carboxylic acids is 1. The van der Waals surface area contributed by atoms with E-state index in [1.54, 1.807) is 4.90 Å². The van der Waals surface area contributed by atoms with Crippen LogP contribution in [0.1, 0.15) is 6.92 Å². The molecule has 0 aromatic heterocycles. The minimum Gasteiger partial charge on any atom is -0.351 e. The zero-order chi connectivity index (χ0) is 6.15. The maximum absolute atomic E-state index is 10.3. The SMILES string of the molecule is C[C]1CN(C(N)=O)C1. The number of hydrogen-bond donors (Lipinski definition) is 1. The van der Waals surface area contributed by atoms with Crippen molar-refractivity contribution in [3.63, 3.8) is 0 Å². The van der Waals surface area contributed by atoms with Gasteiger partial charge in [0.1, 0.15) is 0 Å². The van der Waals surface area contributed by atoms with Crippen LogP contribution in [0.25, 0.3) is 0 Å². The predicted molar refractivity (Wildman–Crippen MR) is 30.1 cm³/mol. The first-order valence-corrected chi connectivity index (χ1v) is 2.56. The molecule has 0 aromatic carbocycles. The standard InChI is InChI=1S/C5H9N2O/c1-4-2-7(3-4)5(6)8/h2-3H2,1H3,(H2,6,8). The minimum absolute atomic E-state index is 0.310. The van der Waals surface area contributed by atoms with Crippen LogP contribution in [0.2, 0.25) is 0 Å². The summed E-state index contributed by atoms with van der Waals surface area (Å²) in [6.45, 7) is 3.53. The molecule has 8 heavy (non-hydrogen) atoms. The lowest BCUT2D eigenvalue weighted by Gasteiger charge is -2.34. The van der Waals surface area contributed by atoms with E-state index in [0.29, 0.717) is 0 Å². The lowest BCUT2D eigenvalue weighted by Crippen LogP contribution is -2.49. The van der Waals surface area contributed by atoms with Gasteiger partial charge in [-0.1, -0.05) is 6.92 Å². The quantitative estimate of drug-likeness (QED) is 0.471. The Balaban J connectivity index is 2.25. The fourth-order valence-corrected chi connectivity index (χ4v) is 0.761. The van der Waals surface area contributed by atoms with Gasteiger partial charge in [-0.25, -0.2) is 4.79 Å². The van der Waals surface area contributed by atoms with Crippen molar-refractivity contribution >= 4 is 6.03 Å². The molecule has 1 rings (SSSR count). The van der Waals surface area contributed by atoms with Crippen LogP contribution >= 0.6 is 0 Å². The molecule has 0 bridgehead atoms. The van der Waals surface area contributed by atoms with E-state index in [-0.39, 0.29) is 6.03 Å². The maximum atomic E-state index is 10.3. The minimum atomic E-state index is -0.310. The zero-order valence-electron chi connectivity index (χ0n) is 4.85. The Labute approximate surface area is 48.5 Å². The van der Waals surface area contributed by atoms with Gasteiger partial charge in [0, 0.05) is 19.0 Å². The van der Waals surface area contributed by atoms with Crippen molar-refractivity contribution in [2.24, 2.45) is 5.73 Å². The number of amides is 2. The summed E-state index contributed by atoms with van der Waals surface area (Å²) in [7, 11) is 0. The Morgan fingerprint density at radius 2 is 2.25 bits per heavy atom. The Kier molecular flexibility index (Phi) is 1.12. The first kappa shape index (κ1) is 5.41. The number of nitrogens with two attached hydrogens (primary N) is 1. The second-order valence-electron chi connectivity index (χ2n) is 2.15. The summed E-state index contributed by atoms with van der Waals surface area (Å²) in [5.74, 6) is 1.32. The van der Waals surface area contributed by atoms with Gasteiger partial charge in [-0.05, 0) is 0 Å². The molecule has 0 aromatic rings. The first-order chi connectivity index (χ1) is 3.70. The second-order valence-corrected chi connectivity index (χ2v) is 2.15. The largest absolute Gasteiger partial charge is 0.351 e. The lowest BCUT2D eigenvalue weighted by molar-refractivity contribution is 0.189. The molecule has 1 heterocycles. The van der Waals surface area contributed by atoms with Crippen molar-refractivity contribution in [3.8, 4) is 0 Å². The number of primary amides is 1. The van der Waals surface area contributed by atoms with E-state index < -0.39 is 0 Å². The molecule has 1 aliphatic heterocycles. The summed E-state index contributed by atoms with van der Waals surface area (Å²) in [5, 5.41) is 0. The fraction of sp³-hybridized carbons (Fsp3) is 0.600. The number of nitrogens with zero attached hydrogens (tertiary/aromatic N) is 1. The van der Waals surface area contributed by atoms with Gasteiger partial charge in [0.2, 0.25) is 0 Å². The predicted octanol–water partition coefficient (Wildman–Crippen LogP) is -0.0249. The molecule has 2 amide bonds. The molecule has 45 valence electrons. The fourth-order valence-electron chi connectivity index (χ4n) is 0.761. The molecule has 2 N–H and O–H groups in total. The third-order valence-electron chi connectivity index (χ3n) is 1.23. The Morgan fingerprint density at radius 3 is 2.38 bits per heavy atom. The smallest absolute Gasteiger partial charge is 0.314 e. The monoisotopic (exact) mass is 113 g/mol. The molecule has 0 unspecified atom stereocenters. The molecule has 0 aliphatic carbocycles. The van der Waals surface area contributed by atoms with Gasteiger partial charge >= 0.3 is 6.03 Å². The molecule has 1 saturated heterocycles. The molecule has 1 fully saturated rings. The average Bonchev–Trinajstić information content (AvgIpc) is 1.57. The number of carbonyl (C=O) groups is 1. The molecule has 1 radical (unpaired) electrons. The highest BCUT2D eigenvalue weighted by Gasteiger charge is 2.25. The van der Waals surface area contributed by atoms with Crippen LogP contribution in [0.15, 0.2) is 0 Å². The van der Waals surface area contributed by atoms with Gasteiger partial charge in [-0.2, -0.15) is 0 Å². The maximum Gasteiger partial charge on any atom is 0.314 e. The van der Waals surface area contributed by atoms with Gasteiger partial charge in [0.25, 0.3) is 0 Å². The van der Waals surface area contributed by atoms with Crippen molar-refractivity contribution in [2.75, 3.05) is 13.1 Å². The van der Waals surface area contributed by atoms with E-state index in [4.69, 9.17) is 5.73 Å². The van der Waals surface area contributed by atoms with Gasteiger partial charge in [0.05, 0.1) is 0 Å². The van der Waals surface area contributed by atoms with Gasteiger partial charge in [-0.3, -0.25) is 0 Å². The summed E-state index contributed by atoms with van der Waals surface area (Å²) in [5.41, 5.74) is 4.93. The van der Waals surface area contributed by atoms with E-state index in [0.717, 1.165) is 13.1 Å². The number of hydrogen-bond acceptors (Lipinski definition) is 1. The van der Waals surface area contributed by atoms with Gasteiger partial charge < -0.3 is 10.6 Å². The zero-order valence-corrected chi connectivity index (χ0v) is 4.85. The van der Waals surface area contributed by atoms with Crippen LogP contribution in [0.3, 0.4) is 0 Å². The highest BCUT2D eigenvalue weighted by molar-refractivity contribution is 5.73. The third kappa shape index (κ3) is 0.757. The lowest BCUT2D eigenvalue weighted by atomic mass is 10.0. The Bertz CT molecular complexity index is 107. The van der Waals surface area contributed by atoms with Crippen molar-refractivity contribution in [3.05, 3.63) is 5.92 Å². The van der Waals surface area contributed by atoms with Crippen LogP contribution in [0.4, 0.5) is 4.79 Å². The molecule has 1 aliphatic rings. The van der Waals surface area contributed by atoms with E-state index in [1.807, 2.05) is 6.92 Å². The summed E-state index contributed by atoms with van der Waals surface area (Å²) in [4.78, 5) is 11.9. The van der Waals surface area contributed by atoms with Gasteiger partial charge in [-0.15, -0.1) is 0 Å². The third-order valence-corrected chi connectivity index (χ3v) is 1.23. The van der Waals surface area contributed by atoms with E-state index >= 15 is 0 Å². The van der Waals surface area contributed by atoms with E-state index in [9.17, 15) is 4.79 Å². The topological polar surface area (TPSA) is 46.3 Å². The summed E-state index contributed by atoms with van der Waals surface area (Å²) in [6, 6.07) is -0.310. The molecule has 3 heteroatoms. The van der Waals surface area contributed by atoms with Crippen LogP contribution in [0, 0.1) is 5.92 Å². The molecule has 0 atom stereocenters. The Hall–Kier alpha value is -0.730. The van der Waals surface area contributed by atoms with E-state index in [1.165, 1.54) is 5.92 Å². The highest BCUT2D eigenvalue weighted by atomic mass is 16.2. The highest BCUT2D eigenvalue weighted by Crippen LogP contribution is 2.14. The van der Waals surface area contributed by atoms with Crippen molar-refractivity contribution in [2.45, 2.75) is 6.92 Å². The molecule has 0 spiro atoms. The van der Waals surface area contributed by atoms with Crippen LogP contribution in [-0.4, -0.2) is 24.0 Å². The number of rotatable bonds is 0. The Morgan fingerprint density at radius 1 is 1.75 bits per heavy atom. The summed E-state index contributed by atoms with van der Waals surface area (Å²) >= 11 is 0. The van der Waals surface area contributed by atoms with Gasteiger partial charge in [0.15, 0.2) is 0 Å². The summed E-state index contributed by atoms with van der Waals surface area (Å²) in [6.07, 6.45) is 0. The van der Waals surface area contributed by atoms with E-state index in [2.05, 4.69) is 0 Å². The summed E-state index contributed by atoms with van der Waals surface area (Å²) < 4.78 is 0.